The number of aromatic nitrogens is 2. The fourth-order valence-electron chi connectivity index (χ4n) is 2.44. The number of benzene rings is 1. The van der Waals surface area contributed by atoms with Crippen molar-refractivity contribution in [2.24, 2.45) is 0 Å². The van der Waals surface area contributed by atoms with Crippen molar-refractivity contribution in [1.82, 2.24) is 14.7 Å². The number of esters is 1. The number of nitrogens with zero attached hydrogens (tertiary/aromatic N) is 3. The molecule has 1 heterocycles. The van der Waals surface area contributed by atoms with E-state index < -0.39 is 5.97 Å². The predicted molar refractivity (Wildman–Crippen MR) is 101 cm³/mol. The number of hydrogen-bond acceptors (Lipinski definition) is 4. The molecule has 0 unspecified atom stereocenters. The molecule has 26 heavy (non-hydrogen) atoms. The van der Waals surface area contributed by atoms with Crippen LogP contribution in [-0.2, 0) is 14.3 Å². The summed E-state index contributed by atoms with van der Waals surface area (Å²) in [5.41, 5.74) is 2.14. The maximum atomic E-state index is 11.9. The van der Waals surface area contributed by atoms with Crippen molar-refractivity contribution in [1.29, 1.82) is 0 Å². The summed E-state index contributed by atoms with van der Waals surface area (Å²) in [6, 6.07) is 9.47. The van der Waals surface area contributed by atoms with Crippen LogP contribution in [-0.4, -0.2) is 46.3 Å². The van der Waals surface area contributed by atoms with Crippen LogP contribution in [0.3, 0.4) is 0 Å². The standard InChI is InChI=1S/C19H22ClN3O3/c1-4-22(5-2)17(24)13-26-18(25)12-11-16-14(3)21-23(19(16)20)15-9-7-6-8-10-15/h6-12H,4-5,13H2,1-3H3/b12-11+. The first kappa shape index (κ1) is 19.7. The Morgan fingerprint density at radius 2 is 1.88 bits per heavy atom. The third kappa shape index (κ3) is 4.73. The summed E-state index contributed by atoms with van der Waals surface area (Å²) < 4.78 is 6.60. The zero-order valence-electron chi connectivity index (χ0n) is 15.1. The Hall–Kier alpha value is -2.60. The average Bonchev–Trinajstić information content (AvgIpc) is 2.94. The molecule has 138 valence electrons. The number of carbonyl (C=O) groups is 2. The Morgan fingerprint density at radius 3 is 2.50 bits per heavy atom. The molecule has 0 bridgehead atoms. The molecule has 7 heteroatoms. The summed E-state index contributed by atoms with van der Waals surface area (Å²) >= 11 is 6.39. The van der Waals surface area contributed by atoms with Gasteiger partial charge in [-0.25, -0.2) is 9.48 Å². The third-order valence-electron chi connectivity index (χ3n) is 3.89. The van der Waals surface area contributed by atoms with Crippen LogP contribution in [0.5, 0.6) is 0 Å². The van der Waals surface area contributed by atoms with Crippen LogP contribution in [0.15, 0.2) is 36.4 Å². The van der Waals surface area contributed by atoms with Crippen LogP contribution < -0.4 is 0 Å². The molecule has 0 atom stereocenters. The number of rotatable bonds is 7. The summed E-state index contributed by atoms with van der Waals surface area (Å²) in [5, 5.41) is 4.80. The van der Waals surface area contributed by atoms with E-state index in [2.05, 4.69) is 5.10 Å². The van der Waals surface area contributed by atoms with Crippen LogP contribution in [0.25, 0.3) is 11.8 Å². The molecule has 0 N–H and O–H groups in total. The van der Waals surface area contributed by atoms with Crippen LogP contribution in [0, 0.1) is 6.92 Å². The SMILES string of the molecule is CCN(CC)C(=O)COC(=O)/C=C/c1c(C)nn(-c2ccccc2)c1Cl. The summed E-state index contributed by atoms with van der Waals surface area (Å²) in [6.45, 7) is 6.43. The van der Waals surface area contributed by atoms with Crippen molar-refractivity contribution in [3.63, 3.8) is 0 Å². The summed E-state index contributed by atoms with van der Waals surface area (Å²) in [7, 11) is 0. The van der Waals surface area contributed by atoms with Crippen LogP contribution in [0.4, 0.5) is 0 Å². The first-order chi connectivity index (χ1) is 12.5. The Bertz CT molecular complexity index is 796. The van der Waals surface area contributed by atoms with Crippen LogP contribution in [0.1, 0.15) is 25.1 Å². The molecule has 1 aromatic carbocycles. The molecule has 0 fully saturated rings. The number of likely N-dealkylation sites (N-methyl/N-ethyl adjacent to an activating group) is 1. The van der Waals surface area contributed by atoms with Gasteiger partial charge in [-0.3, -0.25) is 4.79 Å². The lowest BCUT2D eigenvalue weighted by molar-refractivity contribution is -0.147. The van der Waals surface area contributed by atoms with Gasteiger partial charge in [-0.1, -0.05) is 29.8 Å². The number of carbonyl (C=O) groups excluding carboxylic acids is 2. The molecule has 2 rings (SSSR count). The normalized spacial score (nSPS) is 10.9. The summed E-state index contributed by atoms with van der Waals surface area (Å²) in [4.78, 5) is 25.3. The monoisotopic (exact) mass is 375 g/mol. The van der Waals surface area contributed by atoms with Gasteiger partial charge < -0.3 is 9.64 Å². The van der Waals surface area contributed by atoms with Gasteiger partial charge in [0.25, 0.3) is 5.91 Å². The van der Waals surface area contributed by atoms with Gasteiger partial charge in [0.15, 0.2) is 6.61 Å². The molecule has 0 aliphatic heterocycles. The molecule has 0 spiro atoms. The first-order valence-corrected chi connectivity index (χ1v) is 8.78. The van der Waals surface area contributed by atoms with E-state index in [1.807, 2.05) is 44.2 Å². The van der Waals surface area contributed by atoms with Crippen molar-refractivity contribution in [2.45, 2.75) is 20.8 Å². The molecule has 1 amide bonds. The smallest absolute Gasteiger partial charge is 0.331 e. The highest BCUT2D eigenvalue weighted by atomic mass is 35.5. The number of hydrogen-bond donors (Lipinski definition) is 0. The van der Waals surface area contributed by atoms with Crippen LogP contribution in [0.2, 0.25) is 5.15 Å². The van der Waals surface area contributed by atoms with E-state index in [-0.39, 0.29) is 12.5 Å². The maximum absolute atomic E-state index is 11.9. The fraction of sp³-hybridized carbons (Fsp3) is 0.316. The van der Waals surface area contributed by atoms with Gasteiger partial charge >= 0.3 is 5.97 Å². The molecule has 0 saturated carbocycles. The third-order valence-corrected chi connectivity index (χ3v) is 4.25. The highest BCUT2D eigenvalue weighted by Crippen LogP contribution is 2.24. The van der Waals surface area contributed by atoms with Gasteiger partial charge in [0, 0.05) is 24.7 Å². The fourth-order valence-corrected chi connectivity index (χ4v) is 2.78. The number of ether oxygens (including phenoxy) is 1. The van der Waals surface area contributed by atoms with Gasteiger partial charge in [0.05, 0.1) is 11.4 Å². The second-order valence-corrected chi connectivity index (χ2v) is 5.90. The molecule has 0 saturated heterocycles. The quantitative estimate of drug-likeness (QED) is 0.550. The molecular formula is C19H22ClN3O3. The highest BCUT2D eigenvalue weighted by molar-refractivity contribution is 6.31. The lowest BCUT2D eigenvalue weighted by atomic mass is 10.2. The number of halogens is 1. The van der Waals surface area contributed by atoms with E-state index in [1.165, 1.54) is 6.08 Å². The topological polar surface area (TPSA) is 64.4 Å². The zero-order chi connectivity index (χ0) is 19.1. The summed E-state index contributed by atoms with van der Waals surface area (Å²) in [6.07, 6.45) is 2.80. The Kier molecular flexibility index (Phi) is 6.97. The average molecular weight is 376 g/mol. The molecule has 0 aliphatic carbocycles. The summed E-state index contributed by atoms with van der Waals surface area (Å²) in [5.74, 6) is -0.823. The van der Waals surface area contributed by atoms with Gasteiger partial charge in [0.1, 0.15) is 5.15 Å². The van der Waals surface area contributed by atoms with Gasteiger partial charge in [0.2, 0.25) is 0 Å². The predicted octanol–water partition coefficient (Wildman–Crippen LogP) is 3.26. The molecule has 1 aromatic heterocycles. The highest BCUT2D eigenvalue weighted by Gasteiger charge is 2.14. The van der Waals surface area contributed by atoms with Gasteiger partial charge in [-0.2, -0.15) is 5.10 Å². The first-order valence-electron chi connectivity index (χ1n) is 8.41. The lowest BCUT2D eigenvalue weighted by Crippen LogP contribution is -2.34. The molecular weight excluding hydrogens is 354 g/mol. The van der Waals surface area contributed by atoms with E-state index in [9.17, 15) is 9.59 Å². The zero-order valence-corrected chi connectivity index (χ0v) is 15.9. The minimum atomic E-state index is -0.603. The second kappa shape index (κ2) is 9.20. The number of aryl methyl sites for hydroxylation is 1. The lowest BCUT2D eigenvalue weighted by Gasteiger charge is -2.17. The Labute approximate surface area is 158 Å². The number of amides is 1. The molecule has 0 radical (unpaired) electrons. The molecule has 0 aliphatic rings. The van der Waals surface area contributed by atoms with Crippen molar-refractivity contribution >= 4 is 29.6 Å². The van der Waals surface area contributed by atoms with Crippen molar-refractivity contribution in [3.05, 3.63) is 52.8 Å². The molecule has 2 aromatic rings. The minimum Gasteiger partial charge on any atom is -0.452 e. The van der Waals surface area contributed by atoms with Crippen LogP contribution >= 0.6 is 11.6 Å². The van der Waals surface area contributed by atoms with E-state index in [0.717, 1.165) is 5.69 Å². The van der Waals surface area contributed by atoms with Crippen molar-refractivity contribution in [3.8, 4) is 5.69 Å². The largest absolute Gasteiger partial charge is 0.452 e. The maximum Gasteiger partial charge on any atom is 0.331 e. The van der Waals surface area contributed by atoms with Gasteiger partial charge in [-0.05, 0) is 39.0 Å². The number of para-hydroxylation sites is 1. The van der Waals surface area contributed by atoms with E-state index >= 15 is 0 Å². The second-order valence-electron chi connectivity index (χ2n) is 5.54. The minimum absolute atomic E-state index is 0.220. The van der Waals surface area contributed by atoms with E-state index in [4.69, 9.17) is 16.3 Å². The van der Waals surface area contributed by atoms with E-state index in [1.54, 1.807) is 22.6 Å². The van der Waals surface area contributed by atoms with Gasteiger partial charge in [-0.15, -0.1) is 0 Å². The Balaban J connectivity index is 2.05. The van der Waals surface area contributed by atoms with E-state index in [0.29, 0.717) is 29.5 Å². The van der Waals surface area contributed by atoms with Crippen molar-refractivity contribution in [2.75, 3.05) is 19.7 Å². The Morgan fingerprint density at radius 1 is 1.23 bits per heavy atom. The van der Waals surface area contributed by atoms with Crippen molar-refractivity contribution < 1.29 is 14.3 Å². The molecule has 6 nitrogen and oxygen atoms in total.